The van der Waals surface area contributed by atoms with Crippen LogP contribution in [0.3, 0.4) is 0 Å². The Kier molecular flexibility index (Phi) is 6.45. The van der Waals surface area contributed by atoms with Crippen molar-refractivity contribution < 1.29 is 29.3 Å². The van der Waals surface area contributed by atoms with Crippen LogP contribution in [0.5, 0.6) is 17.2 Å². The van der Waals surface area contributed by atoms with Crippen LogP contribution >= 0.6 is 0 Å². The van der Waals surface area contributed by atoms with Gasteiger partial charge in [0.1, 0.15) is 23.9 Å². The zero-order valence-electron chi connectivity index (χ0n) is 15.9. The van der Waals surface area contributed by atoms with Crippen molar-refractivity contribution in [3.8, 4) is 17.2 Å². The van der Waals surface area contributed by atoms with Gasteiger partial charge in [0.25, 0.3) is 0 Å². The number of carboxylic acids is 1. The molecule has 2 aromatic rings. The lowest BCUT2D eigenvalue weighted by Crippen LogP contribution is -2.06. The molecule has 0 aliphatic carbocycles. The fourth-order valence-electron chi connectivity index (χ4n) is 2.83. The number of hydrogen-bond donors (Lipinski definition) is 2. The summed E-state index contributed by atoms with van der Waals surface area (Å²) in [6, 6.07) is 7.77. The molecule has 0 spiro atoms. The molecule has 1 atom stereocenters. The normalized spacial score (nSPS) is 11.7. The van der Waals surface area contributed by atoms with Crippen molar-refractivity contribution in [3.05, 3.63) is 52.6 Å². The van der Waals surface area contributed by atoms with Gasteiger partial charge in [0.05, 0.1) is 18.2 Å². The maximum Gasteiger partial charge on any atom is 0.335 e. The van der Waals surface area contributed by atoms with Crippen molar-refractivity contribution >= 4 is 11.8 Å². The van der Waals surface area contributed by atoms with E-state index in [2.05, 4.69) is 0 Å². The number of phenols is 1. The predicted octanol–water partition coefficient (Wildman–Crippen LogP) is 4.39. The fourth-order valence-corrected chi connectivity index (χ4v) is 2.83. The molecule has 27 heavy (non-hydrogen) atoms. The first-order chi connectivity index (χ1) is 12.8. The summed E-state index contributed by atoms with van der Waals surface area (Å²) in [6.45, 7) is 5.48. The Morgan fingerprint density at radius 2 is 1.85 bits per heavy atom. The molecule has 0 heterocycles. The number of carbonyl (C=O) groups is 2. The van der Waals surface area contributed by atoms with E-state index in [4.69, 9.17) is 14.6 Å². The molecule has 2 N–H and O–H groups in total. The van der Waals surface area contributed by atoms with Crippen molar-refractivity contribution in [3.63, 3.8) is 0 Å². The minimum absolute atomic E-state index is 0.00409. The Morgan fingerprint density at radius 1 is 1.15 bits per heavy atom. The number of carbonyl (C=O) groups excluding carboxylic acids is 1. The summed E-state index contributed by atoms with van der Waals surface area (Å²) in [5.41, 5.74) is 1.65. The summed E-state index contributed by atoms with van der Waals surface area (Å²) in [6.07, 6.45) is 0.766. The summed E-state index contributed by atoms with van der Waals surface area (Å²) in [7, 11) is 1.46. The van der Waals surface area contributed by atoms with E-state index < -0.39 is 5.97 Å². The molecule has 0 saturated carbocycles. The minimum Gasteiger partial charge on any atom is -0.507 e. The monoisotopic (exact) mass is 372 g/mol. The lowest BCUT2D eigenvalue weighted by molar-refractivity contribution is 0.0696. The van der Waals surface area contributed by atoms with Crippen LogP contribution in [0.25, 0.3) is 0 Å². The van der Waals surface area contributed by atoms with E-state index in [0.717, 1.165) is 6.42 Å². The van der Waals surface area contributed by atoms with Gasteiger partial charge in [-0.3, -0.25) is 4.79 Å². The summed E-state index contributed by atoms with van der Waals surface area (Å²) in [5.74, 6) is -0.419. The number of methoxy groups -OCH3 is 1. The Labute approximate surface area is 158 Å². The number of Topliss-reactive ketones (excluding diaryl/α,β-unsaturated/α-hetero) is 1. The van der Waals surface area contributed by atoms with E-state index in [0.29, 0.717) is 22.6 Å². The SMILES string of the molecule is CCC(C)c1c(OCc2ccc(C(=O)O)cc2OC)ccc(C(C)=O)c1O. The lowest BCUT2D eigenvalue weighted by Gasteiger charge is -2.19. The highest BCUT2D eigenvalue weighted by atomic mass is 16.5. The van der Waals surface area contributed by atoms with Crippen LogP contribution in [0, 0.1) is 0 Å². The largest absolute Gasteiger partial charge is 0.507 e. The third kappa shape index (κ3) is 4.39. The van der Waals surface area contributed by atoms with Crippen molar-refractivity contribution in [1.29, 1.82) is 0 Å². The van der Waals surface area contributed by atoms with Crippen LogP contribution in [0.4, 0.5) is 0 Å². The van der Waals surface area contributed by atoms with E-state index in [1.54, 1.807) is 18.2 Å². The van der Waals surface area contributed by atoms with Gasteiger partial charge in [-0.1, -0.05) is 19.9 Å². The first-order valence-corrected chi connectivity index (χ1v) is 8.69. The van der Waals surface area contributed by atoms with E-state index in [1.807, 2.05) is 13.8 Å². The van der Waals surface area contributed by atoms with Gasteiger partial charge in [-0.05, 0) is 43.5 Å². The topological polar surface area (TPSA) is 93.1 Å². The van der Waals surface area contributed by atoms with Gasteiger partial charge in [0.2, 0.25) is 0 Å². The molecule has 2 aromatic carbocycles. The first kappa shape index (κ1) is 20.3. The van der Waals surface area contributed by atoms with Gasteiger partial charge < -0.3 is 19.7 Å². The summed E-state index contributed by atoms with van der Waals surface area (Å²) >= 11 is 0. The number of benzene rings is 2. The van der Waals surface area contributed by atoms with Crippen LogP contribution in [0.1, 0.15) is 65.0 Å². The second-order valence-electron chi connectivity index (χ2n) is 6.36. The average Bonchev–Trinajstić information content (AvgIpc) is 2.65. The Morgan fingerprint density at radius 3 is 2.41 bits per heavy atom. The second-order valence-corrected chi connectivity index (χ2v) is 6.36. The summed E-state index contributed by atoms with van der Waals surface area (Å²) in [5, 5.41) is 19.6. The molecular formula is C21H24O6. The van der Waals surface area contributed by atoms with E-state index >= 15 is 0 Å². The number of aromatic carboxylic acids is 1. The van der Waals surface area contributed by atoms with Crippen LogP contribution in [0.15, 0.2) is 30.3 Å². The standard InChI is InChI=1S/C21H24O6/c1-5-12(2)19-17(9-8-16(13(3)22)20(19)23)27-11-15-7-6-14(21(24)25)10-18(15)26-4/h6-10,12,23H,5,11H2,1-4H3,(H,24,25). The van der Waals surface area contributed by atoms with Crippen molar-refractivity contribution in [2.24, 2.45) is 0 Å². The predicted molar refractivity (Wildman–Crippen MR) is 101 cm³/mol. The van der Waals surface area contributed by atoms with Crippen LogP contribution in [-0.4, -0.2) is 29.1 Å². The second kappa shape index (κ2) is 8.58. The molecule has 0 saturated heterocycles. The van der Waals surface area contributed by atoms with Gasteiger partial charge in [0, 0.05) is 11.1 Å². The van der Waals surface area contributed by atoms with Gasteiger partial charge in [-0.15, -0.1) is 0 Å². The number of aromatic hydroxyl groups is 1. The van der Waals surface area contributed by atoms with E-state index in [-0.39, 0.29) is 35.2 Å². The number of ether oxygens (including phenoxy) is 2. The Balaban J connectivity index is 2.36. The molecule has 144 valence electrons. The number of carboxylic acid groups (broad SMARTS) is 1. The maximum atomic E-state index is 11.7. The lowest BCUT2D eigenvalue weighted by atomic mass is 9.93. The summed E-state index contributed by atoms with van der Waals surface area (Å²) < 4.78 is 11.2. The highest BCUT2D eigenvalue weighted by Crippen LogP contribution is 2.39. The third-order valence-electron chi connectivity index (χ3n) is 4.58. The molecule has 6 nitrogen and oxygen atoms in total. The quantitative estimate of drug-likeness (QED) is 0.668. The molecule has 0 amide bonds. The number of ketones is 1. The molecular weight excluding hydrogens is 348 g/mol. The highest BCUT2D eigenvalue weighted by Gasteiger charge is 2.21. The Bertz CT molecular complexity index is 856. The zero-order valence-corrected chi connectivity index (χ0v) is 15.9. The number of phenolic OH excluding ortho intramolecular Hbond substituents is 1. The van der Waals surface area contributed by atoms with Crippen LogP contribution in [0.2, 0.25) is 0 Å². The van der Waals surface area contributed by atoms with Crippen molar-refractivity contribution in [1.82, 2.24) is 0 Å². The molecule has 1 unspecified atom stereocenters. The highest BCUT2D eigenvalue weighted by molar-refractivity contribution is 5.97. The summed E-state index contributed by atoms with van der Waals surface area (Å²) in [4.78, 5) is 22.8. The molecule has 0 radical (unpaired) electrons. The Hall–Kier alpha value is -3.02. The fraction of sp³-hybridized carbons (Fsp3) is 0.333. The zero-order chi connectivity index (χ0) is 20.1. The molecule has 0 aliphatic heterocycles. The van der Waals surface area contributed by atoms with Gasteiger partial charge in [-0.25, -0.2) is 4.79 Å². The molecule has 6 heteroatoms. The molecule has 2 rings (SSSR count). The van der Waals surface area contributed by atoms with E-state index in [9.17, 15) is 14.7 Å². The number of rotatable bonds is 8. The molecule has 0 aromatic heterocycles. The van der Waals surface area contributed by atoms with Gasteiger partial charge in [0.15, 0.2) is 5.78 Å². The third-order valence-corrected chi connectivity index (χ3v) is 4.58. The minimum atomic E-state index is -1.04. The molecule has 0 aliphatic rings. The maximum absolute atomic E-state index is 11.7. The molecule has 0 fully saturated rings. The smallest absolute Gasteiger partial charge is 0.335 e. The number of hydrogen-bond acceptors (Lipinski definition) is 5. The van der Waals surface area contributed by atoms with Gasteiger partial charge in [-0.2, -0.15) is 0 Å². The van der Waals surface area contributed by atoms with E-state index in [1.165, 1.54) is 26.2 Å². The van der Waals surface area contributed by atoms with Crippen LogP contribution in [-0.2, 0) is 6.61 Å². The van der Waals surface area contributed by atoms with Crippen molar-refractivity contribution in [2.45, 2.75) is 39.7 Å². The van der Waals surface area contributed by atoms with Crippen molar-refractivity contribution in [2.75, 3.05) is 7.11 Å². The molecule has 0 bridgehead atoms. The first-order valence-electron chi connectivity index (χ1n) is 8.69. The average molecular weight is 372 g/mol. The van der Waals surface area contributed by atoms with Crippen LogP contribution < -0.4 is 9.47 Å². The van der Waals surface area contributed by atoms with Gasteiger partial charge >= 0.3 is 5.97 Å².